The summed E-state index contributed by atoms with van der Waals surface area (Å²) in [5, 5.41) is 11.0. The summed E-state index contributed by atoms with van der Waals surface area (Å²) < 4.78 is 13.1. The van der Waals surface area contributed by atoms with Gasteiger partial charge in [0, 0.05) is 32.4 Å². The van der Waals surface area contributed by atoms with Gasteiger partial charge in [0.15, 0.2) is 0 Å². The number of aliphatic hydroxyl groups excluding tert-OH is 1. The Hall–Kier alpha value is -1.21. The Labute approximate surface area is 144 Å². The first-order chi connectivity index (χ1) is 11.0. The lowest BCUT2D eigenvalue weighted by Gasteiger charge is -2.36. The molecule has 1 aliphatic rings. The zero-order valence-electron chi connectivity index (χ0n) is 12.9. The number of nitrogens with zero attached hydrogens (tertiary/aromatic N) is 3. The van der Waals surface area contributed by atoms with Gasteiger partial charge in [-0.05, 0) is 25.1 Å². The molecular weight excluding hydrogens is 337 g/mol. The van der Waals surface area contributed by atoms with Crippen molar-refractivity contribution >= 4 is 28.6 Å². The molecule has 1 unspecified atom stereocenters. The van der Waals surface area contributed by atoms with Crippen LogP contribution in [0.25, 0.3) is 0 Å². The minimum atomic E-state index is -0.460. The molecule has 1 aromatic heterocycles. The highest BCUT2D eigenvalue weighted by molar-refractivity contribution is 7.11. The van der Waals surface area contributed by atoms with Crippen LogP contribution in [0.2, 0.25) is 5.02 Å². The normalized spacial score (nSPS) is 17.5. The number of halogens is 2. The average molecular weight is 356 g/mol. The Morgan fingerprint density at radius 2 is 2.09 bits per heavy atom. The van der Waals surface area contributed by atoms with Crippen LogP contribution in [0.3, 0.4) is 0 Å². The van der Waals surface area contributed by atoms with Crippen molar-refractivity contribution in [3.63, 3.8) is 0 Å². The van der Waals surface area contributed by atoms with Gasteiger partial charge < -0.3 is 10.0 Å². The Kier molecular flexibility index (Phi) is 5.16. The summed E-state index contributed by atoms with van der Waals surface area (Å²) in [7, 11) is 0. The fourth-order valence-electron chi connectivity index (χ4n) is 2.67. The number of anilines is 1. The Morgan fingerprint density at radius 1 is 1.35 bits per heavy atom. The first kappa shape index (κ1) is 16.6. The number of hydrogen-bond donors (Lipinski definition) is 1. The predicted molar refractivity (Wildman–Crippen MR) is 91.6 cm³/mol. The molecule has 1 saturated heterocycles. The molecule has 2 heterocycles. The van der Waals surface area contributed by atoms with Crippen molar-refractivity contribution in [3.8, 4) is 0 Å². The summed E-state index contributed by atoms with van der Waals surface area (Å²) >= 11 is 7.69. The second-order valence-electron chi connectivity index (χ2n) is 5.69. The van der Waals surface area contributed by atoms with Crippen LogP contribution in [0.5, 0.6) is 0 Å². The zero-order chi connectivity index (χ0) is 16.4. The molecule has 0 aliphatic carbocycles. The lowest BCUT2D eigenvalue weighted by atomic mass is 10.2. The summed E-state index contributed by atoms with van der Waals surface area (Å²) in [5.74, 6) is -0.310. The van der Waals surface area contributed by atoms with Crippen molar-refractivity contribution in [2.45, 2.75) is 19.6 Å². The number of aliphatic hydroxyl groups is 1. The molecule has 0 bridgehead atoms. The molecule has 7 heteroatoms. The van der Waals surface area contributed by atoms with Crippen molar-refractivity contribution < 1.29 is 9.50 Å². The standard InChI is InChI=1S/C16H19ClFN3OS/c1-11(22)15-9-19-16(23-15)10-20-4-6-21(7-5-20)14-3-2-12(18)8-13(14)17/h2-3,8-9,11,22H,4-7,10H2,1H3. The van der Waals surface area contributed by atoms with E-state index in [1.54, 1.807) is 30.5 Å². The number of hydrogen-bond acceptors (Lipinski definition) is 5. The molecule has 0 radical (unpaired) electrons. The molecular formula is C16H19ClFN3OS. The Bertz CT molecular complexity index is 671. The van der Waals surface area contributed by atoms with Gasteiger partial charge in [0.2, 0.25) is 0 Å². The van der Waals surface area contributed by atoms with E-state index in [0.29, 0.717) is 5.02 Å². The summed E-state index contributed by atoms with van der Waals surface area (Å²) in [4.78, 5) is 9.79. The molecule has 0 amide bonds. The van der Waals surface area contributed by atoms with Crippen molar-refractivity contribution in [3.05, 3.63) is 45.1 Å². The van der Waals surface area contributed by atoms with Crippen LogP contribution in [-0.2, 0) is 6.54 Å². The average Bonchev–Trinajstić information content (AvgIpc) is 2.97. The maximum atomic E-state index is 13.1. The first-order valence-electron chi connectivity index (χ1n) is 7.58. The van der Waals surface area contributed by atoms with Crippen LogP contribution in [0.15, 0.2) is 24.4 Å². The SMILES string of the molecule is CC(O)c1cnc(CN2CCN(c3ccc(F)cc3Cl)CC2)s1. The third-order valence-corrected chi connectivity index (χ3v) is 5.42. The van der Waals surface area contributed by atoms with Crippen LogP contribution < -0.4 is 4.90 Å². The lowest BCUT2D eigenvalue weighted by Crippen LogP contribution is -2.46. The van der Waals surface area contributed by atoms with Gasteiger partial charge in [-0.3, -0.25) is 4.90 Å². The molecule has 124 valence electrons. The fourth-order valence-corrected chi connectivity index (χ4v) is 3.85. The molecule has 2 aromatic rings. The van der Waals surface area contributed by atoms with Crippen molar-refractivity contribution in [1.82, 2.24) is 9.88 Å². The topological polar surface area (TPSA) is 39.6 Å². The number of aromatic nitrogens is 1. The van der Waals surface area contributed by atoms with Crippen molar-refractivity contribution in [2.24, 2.45) is 0 Å². The number of piperazine rings is 1. The molecule has 1 aromatic carbocycles. The second kappa shape index (κ2) is 7.13. The van der Waals surface area contributed by atoms with E-state index >= 15 is 0 Å². The maximum Gasteiger partial charge on any atom is 0.124 e. The largest absolute Gasteiger partial charge is 0.388 e. The monoisotopic (exact) mass is 355 g/mol. The van der Waals surface area contributed by atoms with Gasteiger partial charge in [0.25, 0.3) is 0 Å². The van der Waals surface area contributed by atoms with E-state index in [-0.39, 0.29) is 5.82 Å². The van der Waals surface area contributed by atoms with Gasteiger partial charge in [-0.15, -0.1) is 11.3 Å². The number of rotatable bonds is 4. The minimum Gasteiger partial charge on any atom is -0.388 e. The summed E-state index contributed by atoms with van der Waals surface area (Å²) in [6.45, 7) is 6.04. The third kappa shape index (κ3) is 4.01. The van der Waals surface area contributed by atoms with E-state index in [1.807, 2.05) is 0 Å². The zero-order valence-corrected chi connectivity index (χ0v) is 14.4. The van der Waals surface area contributed by atoms with E-state index in [4.69, 9.17) is 11.6 Å². The quantitative estimate of drug-likeness (QED) is 0.913. The van der Waals surface area contributed by atoms with Gasteiger partial charge in [0.1, 0.15) is 10.8 Å². The number of thiazole rings is 1. The highest BCUT2D eigenvalue weighted by Gasteiger charge is 2.20. The minimum absolute atomic E-state index is 0.310. The van der Waals surface area contributed by atoms with Crippen LogP contribution in [0.4, 0.5) is 10.1 Å². The first-order valence-corrected chi connectivity index (χ1v) is 8.77. The van der Waals surface area contributed by atoms with E-state index in [2.05, 4.69) is 14.8 Å². The van der Waals surface area contributed by atoms with Gasteiger partial charge in [-0.2, -0.15) is 0 Å². The van der Waals surface area contributed by atoms with Crippen molar-refractivity contribution in [1.29, 1.82) is 0 Å². The highest BCUT2D eigenvalue weighted by Crippen LogP contribution is 2.28. The van der Waals surface area contributed by atoms with Crippen LogP contribution in [-0.4, -0.2) is 41.2 Å². The molecule has 1 atom stereocenters. The molecule has 0 saturated carbocycles. The third-order valence-electron chi connectivity index (χ3n) is 3.96. The summed E-state index contributed by atoms with van der Waals surface area (Å²) in [6, 6.07) is 4.54. The molecule has 3 rings (SSSR count). The van der Waals surface area contributed by atoms with Gasteiger partial charge in [0.05, 0.1) is 28.2 Å². The van der Waals surface area contributed by atoms with E-state index in [0.717, 1.165) is 48.3 Å². The summed E-state index contributed by atoms with van der Waals surface area (Å²) in [6.07, 6.45) is 1.29. The van der Waals surface area contributed by atoms with Gasteiger partial charge in [-0.25, -0.2) is 9.37 Å². The van der Waals surface area contributed by atoms with Gasteiger partial charge in [-0.1, -0.05) is 11.6 Å². The molecule has 23 heavy (non-hydrogen) atoms. The smallest absolute Gasteiger partial charge is 0.124 e. The predicted octanol–water partition coefficient (Wildman–Crippen LogP) is 3.31. The van der Waals surface area contributed by atoms with Gasteiger partial charge >= 0.3 is 0 Å². The Balaban J connectivity index is 1.57. The molecule has 4 nitrogen and oxygen atoms in total. The van der Waals surface area contributed by atoms with Crippen LogP contribution >= 0.6 is 22.9 Å². The highest BCUT2D eigenvalue weighted by atomic mass is 35.5. The van der Waals surface area contributed by atoms with E-state index < -0.39 is 6.10 Å². The Morgan fingerprint density at radius 3 is 2.70 bits per heavy atom. The molecule has 1 aliphatic heterocycles. The lowest BCUT2D eigenvalue weighted by molar-refractivity contribution is 0.203. The fraction of sp³-hybridized carbons (Fsp3) is 0.438. The molecule has 1 N–H and O–H groups in total. The summed E-state index contributed by atoms with van der Waals surface area (Å²) in [5.41, 5.74) is 0.887. The number of benzene rings is 1. The van der Waals surface area contributed by atoms with Crippen LogP contribution in [0, 0.1) is 5.82 Å². The van der Waals surface area contributed by atoms with Crippen molar-refractivity contribution in [2.75, 3.05) is 31.1 Å². The van der Waals surface area contributed by atoms with E-state index in [1.165, 1.54) is 12.1 Å². The second-order valence-corrected chi connectivity index (χ2v) is 7.25. The van der Waals surface area contributed by atoms with Crippen LogP contribution in [0.1, 0.15) is 22.9 Å². The molecule has 0 spiro atoms. The molecule has 1 fully saturated rings. The van der Waals surface area contributed by atoms with E-state index in [9.17, 15) is 9.50 Å². The maximum absolute atomic E-state index is 13.1.